The number of pyridine rings is 1. The Morgan fingerprint density at radius 1 is 1.42 bits per heavy atom. The number of carboxylic acids is 1. The summed E-state index contributed by atoms with van der Waals surface area (Å²) < 4.78 is 36.1. The first-order chi connectivity index (χ1) is 8.71. The van der Waals surface area contributed by atoms with Crippen molar-refractivity contribution in [2.45, 2.75) is 18.6 Å². The second-order valence-electron chi connectivity index (χ2n) is 3.59. The zero-order valence-corrected chi connectivity index (χ0v) is 9.32. The molecule has 3 N–H and O–H groups in total. The molecule has 19 heavy (non-hydrogen) atoms. The number of hydrogen-bond acceptors (Lipinski definition) is 3. The molecule has 1 amide bonds. The van der Waals surface area contributed by atoms with E-state index in [1.54, 1.807) is 0 Å². The molecule has 1 unspecified atom stereocenters. The molecule has 0 radical (unpaired) electrons. The van der Waals surface area contributed by atoms with Gasteiger partial charge in [0.2, 0.25) is 0 Å². The summed E-state index contributed by atoms with van der Waals surface area (Å²) in [6, 6.07) is 0.813. The zero-order chi connectivity index (χ0) is 14.6. The highest BCUT2D eigenvalue weighted by atomic mass is 19.4. The number of amides is 1. The van der Waals surface area contributed by atoms with Crippen LogP contribution >= 0.6 is 0 Å². The molecular weight excluding hydrogens is 269 g/mol. The minimum atomic E-state index is -5.18. The number of carbonyl (C=O) groups is 2. The molecule has 0 aromatic carbocycles. The highest BCUT2D eigenvalue weighted by Crippen LogP contribution is 2.14. The summed E-state index contributed by atoms with van der Waals surface area (Å²) in [5, 5.41) is 10.1. The van der Waals surface area contributed by atoms with Gasteiger partial charge in [-0.25, -0.2) is 4.79 Å². The fourth-order valence-corrected chi connectivity index (χ4v) is 1.28. The lowest BCUT2D eigenvalue weighted by Crippen LogP contribution is -2.48. The zero-order valence-electron chi connectivity index (χ0n) is 9.32. The van der Waals surface area contributed by atoms with Crippen LogP contribution in [0.5, 0.6) is 0 Å². The minimum absolute atomic E-state index is 0.0441. The van der Waals surface area contributed by atoms with Gasteiger partial charge in [-0.1, -0.05) is 6.07 Å². The summed E-state index contributed by atoms with van der Waals surface area (Å²) in [7, 11) is 0. The van der Waals surface area contributed by atoms with Crippen LogP contribution in [0.15, 0.2) is 23.1 Å². The van der Waals surface area contributed by atoms with E-state index in [0.29, 0.717) is 0 Å². The van der Waals surface area contributed by atoms with Gasteiger partial charge < -0.3 is 15.4 Å². The van der Waals surface area contributed by atoms with E-state index in [0.717, 1.165) is 0 Å². The number of aromatic nitrogens is 1. The van der Waals surface area contributed by atoms with Gasteiger partial charge in [-0.3, -0.25) is 9.59 Å². The Hall–Kier alpha value is -2.32. The van der Waals surface area contributed by atoms with E-state index in [4.69, 9.17) is 5.11 Å². The van der Waals surface area contributed by atoms with Crippen molar-refractivity contribution in [1.29, 1.82) is 0 Å². The average molecular weight is 278 g/mol. The second-order valence-corrected chi connectivity index (χ2v) is 3.59. The van der Waals surface area contributed by atoms with Gasteiger partial charge in [0.25, 0.3) is 5.56 Å². The van der Waals surface area contributed by atoms with E-state index in [-0.39, 0.29) is 5.56 Å². The standard InChI is InChI=1S/C10H9F3N2O4/c11-10(12,13)9(19)15-6(8(17)18)4-5-2-1-3-14-7(5)16/h1-3,6H,4H2,(H,14,16)(H,15,19)(H,17,18). The first kappa shape index (κ1) is 14.7. The molecule has 0 aliphatic carbocycles. The van der Waals surface area contributed by atoms with E-state index in [9.17, 15) is 27.6 Å². The maximum atomic E-state index is 12.0. The van der Waals surface area contributed by atoms with Crippen molar-refractivity contribution in [3.63, 3.8) is 0 Å². The summed E-state index contributed by atoms with van der Waals surface area (Å²) in [6.45, 7) is 0. The molecule has 0 fully saturated rings. The molecule has 0 spiro atoms. The number of aliphatic carboxylic acids is 1. The third-order valence-corrected chi connectivity index (χ3v) is 2.18. The molecule has 0 saturated carbocycles. The maximum Gasteiger partial charge on any atom is 0.471 e. The van der Waals surface area contributed by atoms with Crippen molar-refractivity contribution in [2.24, 2.45) is 0 Å². The van der Waals surface area contributed by atoms with Gasteiger partial charge in [0, 0.05) is 18.2 Å². The van der Waals surface area contributed by atoms with E-state index >= 15 is 0 Å². The predicted molar refractivity (Wildman–Crippen MR) is 56.4 cm³/mol. The van der Waals surface area contributed by atoms with Crippen molar-refractivity contribution in [3.8, 4) is 0 Å². The fraction of sp³-hybridized carbons (Fsp3) is 0.300. The minimum Gasteiger partial charge on any atom is -0.480 e. The molecular formula is C10H9F3N2O4. The Morgan fingerprint density at radius 2 is 2.05 bits per heavy atom. The summed E-state index contributed by atoms with van der Waals surface area (Å²) in [6.07, 6.45) is -4.44. The highest BCUT2D eigenvalue weighted by molar-refractivity contribution is 5.87. The monoisotopic (exact) mass is 278 g/mol. The third-order valence-electron chi connectivity index (χ3n) is 2.18. The van der Waals surface area contributed by atoms with Gasteiger partial charge in [0.05, 0.1) is 0 Å². The lowest BCUT2D eigenvalue weighted by atomic mass is 10.1. The number of carbonyl (C=O) groups excluding carboxylic acids is 1. The Kier molecular flexibility index (Phi) is 4.30. The quantitative estimate of drug-likeness (QED) is 0.724. The van der Waals surface area contributed by atoms with Crippen molar-refractivity contribution in [3.05, 3.63) is 34.2 Å². The van der Waals surface area contributed by atoms with Crippen molar-refractivity contribution in [1.82, 2.24) is 10.3 Å². The lowest BCUT2D eigenvalue weighted by Gasteiger charge is -2.15. The molecule has 1 rings (SSSR count). The third kappa shape index (κ3) is 4.12. The molecule has 104 valence electrons. The first-order valence-electron chi connectivity index (χ1n) is 4.99. The van der Waals surface area contributed by atoms with Gasteiger partial charge in [-0.05, 0) is 6.07 Å². The van der Waals surface area contributed by atoms with Crippen molar-refractivity contribution < 1.29 is 27.9 Å². The van der Waals surface area contributed by atoms with Crippen LogP contribution in [-0.4, -0.2) is 34.2 Å². The molecule has 1 heterocycles. The van der Waals surface area contributed by atoms with Crippen LogP contribution in [0.1, 0.15) is 5.56 Å². The van der Waals surface area contributed by atoms with Crippen molar-refractivity contribution in [2.75, 3.05) is 0 Å². The molecule has 0 aliphatic rings. The predicted octanol–water partition coefficient (Wildman–Crippen LogP) is 0.0491. The van der Waals surface area contributed by atoms with E-state index in [1.807, 2.05) is 0 Å². The van der Waals surface area contributed by atoms with E-state index < -0.39 is 36.1 Å². The largest absolute Gasteiger partial charge is 0.480 e. The lowest BCUT2D eigenvalue weighted by molar-refractivity contribution is -0.175. The molecule has 0 aliphatic heterocycles. The number of alkyl halides is 3. The van der Waals surface area contributed by atoms with Crippen LogP contribution in [-0.2, 0) is 16.0 Å². The van der Waals surface area contributed by atoms with Gasteiger partial charge in [-0.15, -0.1) is 0 Å². The van der Waals surface area contributed by atoms with Crippen molar-refractivity contribution >= 4 is 11.9 Å². The Balaban J connectivity index is 2.86. The number of hydrogen-bond donors (Lipinski definition) is 3. The number of H-pyrrole nitrogens is 1. The van der Waals surface area contributed by atoms with Crippen LogP contribution in [0, 0.1) is 0 Å². The van der Waals surface area contributed by atoms with Gasteiger partial charge in [-0.2, -0.15) is 13.2 Å². The summed E-state index contributed by atoms with van der Waals surface area (Å²) in [5.41, 5.74) is -0.674. The SMILES string of the molecule is O=C(O)C(Cc1ccc[nH]c1=O)NC(=O)C(F)(F)F. The van der Waals surface area contributed by atoms with Crippen LogP contribution < -0.4 is 10.9 Å². The number of carboxylic acid groups (broad SMARTS) is 1. The average Bonchev–Trinajstić information content (AvgIpc) is 2.29. The van der Waals surface area contributed by atoms with E-state index in [2.05, 4.69) is 4.98 Å². The molecule has 1 aromatic heterocycles. The summed E-state index contributed by atoms with van der Waals surface area (Å²) in [5.74, 6) is -4.03. The topological polar surface area (TPSA) is 99.3 Å². The molecule has 1 aromatic rings. The summed E-state index contributed by atoms with van der Waals surface area (Å²) in [4.78, 5) is 35.0. The Morgan fingerprint density at radius 3 is 2.53 bits per heavy atom. The smallest absolute Gasteiger partial charge is 0.471 e. The normalized spacial score (nSPS) is 12.8. The number of nitrogens with one attached hydrogen (secondary N) is 2. The van der Waals surface area contributed by atoms with Crippen LogP contribution in [0.4, 0.5) is 13.2 Å². The number of halogens is 3. The molecule has 0 saturated heterocycles. The maximum absolute atomic E-state index is 12.0. The Bertz CT molecular complexity index is 538. The number of aromatic amines is 1. The van der Waals surface area contributed by atoms with Gasteiger partial charge >= 0.3 is 18.1 Å². The summed E-state index contributed by atoms with van der Waals surface area (Å²) >= 11 is 0. The second kappa shape index (κ2) is 5.55. The first-order valence-corrected chi connectivity index (χ1v) is 4.99. The van der Waals surface area contributed by atoms with Crippen LogP contribution in [0.3, 0.4) is 0 Å². The van der Waals surface area contributed by atoms with Crippen LogP contribution in [0.2, 0.25) is 0 Å². The molecule has 6 nitrogen and oxygen atoms in total. The highest BCUT2D eigenvalue weighted by Gasteiger charge is 2.40. The van der Waals surface area contributed by atoms with E-state index in [1.165, 1.54) is 23.6 Å². The van der Waals surface area contributed by atoms with Gasteiger partial charge in [0.15, 0.2) is 0 Å². The van der Waals surface area contributed by atoms with Crippen LogP contribution in [0.25, 0.3) is 0 Å². The molecule has 1 atom stereocenters. The Labute approximate surface area is 104 Å². The van der Waals surface area contributed by atoms with Gasteiger partial charge in [0.1, 0.15) is 6.04 Å². The fourth-order valence-electron chi connectivity index (χ4n) is 1.28. The number of rotatable bonds is 4. The molecule has 0 bridgehead atoms. The molecule has 9 heteroatoms.